The molecular formula is C35H64NO12P. The lowest BCUT2D eigenvalue weighted by atomic mass is 9.85. The maximum Gasteiger partial charge on any atom is 0.472 e. The van der Waals surface area contributed by atoms with Crippen molar-refractivity contribution in [3.05, 3.63) is 36.5 Å². The van der Waals surface area contributed by atoms with E-state index in [1.165, 1.54) is 50.7 Å². The van der Waals surface area contributed by atoms with Gasteiger partial charge in [-0.05, 0) is 32.1 Å². The summed E-state index contributed by atoms with van der Waals surface area (Å²) >= 11 is 0. The lowest BCUT2D eigenvalue weighted by molar-refractivity contribution is -0.220. The Labute approximate surface area is 292 Å². The number of unbranched alkanes of at least 4 members (excludes halogenated alkanes) is 12. The molecule has 1 rings (SSSR count). The van der Waals surface area contributed by atoms with Crippen LogP contribution in [0.2, 0.25) is 0 Å². The molecule has 14 heteroatoms. The molecule has 1 aliphatic rings. The lowest BCUT2D eigenvalue weighted by Gasteiger charge is -2.41. The van der Waals surface area contributed by atoms with Gasteiger partial charge in [0.05, 0.1) is 31.3 Å². The molecule has 0 aromatic carbocycles. The third-order valence-electron chi connectivity index (χ3n) is 8.48. The predicted octanol–water partition coefficient (Wildman–Crippen LogP) is 3.46. The molecule has 0 heterocycles. The summed E-state index contributed by atoms with van der Waals surface area (Å²) in [6.45, 7) is 3.57. The molecule has 0 radical (unpaired) electrons. The summed E-state index contributed by atoms with van der Waals surface area (Å²) in [5.74, 6) is -0.667. The molecule has 49 heavy (non-hydrogen) atoms. The van der Waals surface area contributed by atoms with Gasteiger partial charge in [0.15, 0.2) is 0 Å². The molecule has 0 aromatic heterocycles. The molecule has 0 bridgehead atoms. The number of carbonyl (C=O) groups is 1. The van der Waals surface area contributed by atoms with Crippen molar-refractivity contribution in [1.29, 1.82) is 0 Å². The second-order valence-corrected chi connectivity index (χ2v) is 14.3. The summed E-state index contributed by atoms with van der Waals surface area (Å²) < 4.78 is 22.6. The van der Waals surface area contributed by atoms with E-state index in [1.807, 2.05) is 6.08 Å². The number of phosphoric acid groups is 1. The molecule has 0 aromatic rings. The summed E-state index contributed by atoms with van der Waals surface area (Å²) in [7, 11) is -5.14. The standard InChI is InChI=1S/C35H64NO12P/c1-3-5-7-9-11-13-14-15-16-18-20-22-26(37)24-29(39)36-27(28(38)23-21-19-17-12-10-8-6-4-2)25-47-49(45,46)48-35-33(43)31(41)30(40)32(42)34(35)44/h15-16,20-23,26-28,30-35,37-38,40-44H,3-14,17-19,24-25H2,1-2H3,(H,36,39)(H,45,46)/b16-15-,22-20-,23-21+. The van der Waals surface area contributed by atoms with Crippen LogP contribution >= 0.6 is 7.82 Å². The maximum atomic E-state index is 12.8. The Bertz CT molecular complexity index is 995. The Hall–Kier alpha value is -1.48. The number of phosphoric ester groups is 1. The molecule has 8 unspecified atom stereocenters. The van der Waals surface area contributed by atoms with Crippen molar-refractivity contribution in [3.8, 4) is 0 Å². The minimum absolute atomic E-state index is 0.353. The summed E-state index contributed by atoms with van der Waals surface area (Å²) in [4.78, 5) is 23.1. The molecule has 1 fully saturated rings. The van der Waals surface area contributed by atoms with Crippen LogP contribution in [0.1, 0.15) is 117 Å². The van der Waals surface area contributed by atoms with Gasteiger partial charge in [0.25, 0.3) is 0 Å². The van der Waals surface area contributed by atoms with Crippen LogP contribution < -0.4 is 5.32 Å². The first-order valence-corrected chi connectivity index (χ1v) is 19.5. The Kier molecular flexibility index (Phi) is 24.5. The van der Waals surface area contributed by atoms with Crippen molar-refractivity contribution in [2.45, 2.75) is 171 Å². The van der Waals surface area contributed by atoms with E-state index in [2.05, 4.69) is 25.2 Å². The van der Waals surface area contributed by atoms with Crippen molar-refractivity contribution in [1.82, 2.24) is 5.32 Å². The number of rotatable bonds is 27. The monoisotopic (exact) mass is 721 g/mol. The van der Waals surface area contributed by atoms with E-state index in [-0.39, 0.29) is 6.42 Å². The van der Waals surface area contributed by atoms with Gasteiger partial charge in [0, 0.05) is 0 Å². The van der Waals surface area contributed by atoms with Crippen LogP contribution in [-0.2, 0) is 18.4 Å². The fraction of sp³-hybridized carbons (Fsp3) is 0.800. The Morgan fingerprint density at radius 1 is 0.714 bits per heavy atom. The molecule has 286 valence electrons. The largest absolute Gasteiger partial charge is 0.472 e. The zero-order valence-electron chi connectivity index (χ0n) is 29.3. The van der Waals surface area contributed by atoms with Crippen molar-refractivity contribution in [2.24, 2.45) is 0 Å². The van der Waals surface area contributed by atoms with Crippen molar-refractivity contribution in [3.63, 3.8) is 0 Å². The molecule has 1 aliphatic carbocycles. The first-order chi connectivity index (χ1) is 23.3. The number of nitrogens with one attached hydrogen (secondary N) is 1. The van der Waals surface area contributed by atoms with Gasteiger partial charge in [-0.3, -0.25) is 13.8 Å². The van der Waals surface area contributed by atoms with Gasteiger partial charge >= 0.3 is 7.82 Å². The Balaban J connectivity index is 2.74. The SMILES string of the molecule is CCCCCCCC/C=C\C/C=C\C(O)CC(=O)NC(COP(=O)(O)OC1C(O)C(O)C(O)C(O)C1O)C(O)/C=C/CCCCCCCC. The van der Waals surface area contributed by atoms with Crippen LogP contribution in [0.25, 0.3) is 0 Å². The minimum atomic E-state index is -5.14. The minimum Gasteiger partial charge on any atom is -0.389 e. The van der Waals surface area contributed by atoms with E-state index in [0.717, 1.165) is 44.9 Å². The fourth-order valence-electron chi connectivity index (χ4n) is 5.41. The van der Waals surface area contributed by atoms with Crippen LogP contribution in [0, 0.1) is 0 Å². The zero-order chi connectivity index (χ0) is 36.7. The number of hydrogen-bond donors (Lipinski definition) is 9. The van der Waals surface area contributed by atoms with Crippen molar-refractivity contribution < 1.29 is 59.0 Å². The van der Waals surface area contributed by atoms with Gasteiger partial charge in [-0.1, -0.05) is 115 Å². The third-order valence-corrected chi connectivity index (χ3v) is 9.46. The highest BCUT2D eigenvalue weighted by atomic mass is 31.2. The van der Waals surface area contributed by atoms with Crippen LogP contribution in [0.15, 0.2) is 36.5 Å². The Morgan fingerprint density at radius 3 is 1.80 bits per heavy atom. The highest BCUT2D eigenvalue weighted by Crippen LogP contribution is 2.47. The van der Waals surface area contributed by atoms with Gasteiger partial charge in [0.1, 0.15) is 36.6 Å². The maximum absolute atomic E-state index is 12.8. The topological polar surface area (TPSA) is 226 Å². The third kappa shape index (κ3) is 19.6. The first kappa shape index (κ1) is 45.5. The molecule has 8 atom stereocenters. The highest BCUT2D eigenvalue weighted by molar-refractivity contribution is 7.47. The van der Waals surface area contributed by atoms with E-state index in [9.17, 15) is 50.0 Å². The van der Waals surface area contributed by atoms with Gasteiger partial charge in [-0.2, -0.15) is 0 Å². The number of aliphatic hydroxyl groups is 7. The van der Waals surface area contributed by atoms with Crippen LogP contribution in [0.3, 0.4) is 0 Å². The van der Waals surface area contributed by atoms with E-state index in [1.54, 1.807) is 12.2 Å². The van der Waals surface area contributed by atoms with Crippen LogP contribution in [0.4, 0.5) is 0 Å². The van der Waals surface area contributed by atoms with E-state index < -0.39 is 75.2 Å². The first-order valence-electron chi connectivity index (χ1n) is 18.0. The molecule has 0 aliphatic heterocycles. The van der Waals surface area contributed by atoms with Gasteiger partial charge in [-0.25, -0.2) is 4.57 Å². The number of amides is 1. The molecule has 0 saturated heterocycles. The van der Waals surface area contributed by atoms with Crippen molar-refractivity contribution in [2.75, 3.05) is 6.61 Å². The average molecular weight is 722 g/mol. The summed E-state index contributed by atoms with van der Waals surface area (Å²) in [6.07, 6.45) is 11.8. The fourth-order valence-corrected chi connectivity index (χ4v) is 6.38. The quantitative estimate of drug-likeness (QED) is 0.0338. The molecule has 9 N–H and O–H groups in total. The summed E-state index contributed by atoms with van der Waals surface area (Å²) in [6, 6.07) is -1.27. The van der Waals surface area contributed by atoms with Crippen LogP contribution in [0.5, 0.6) is 0 Å². The number of hydrogen-bond acceptors (Lipinski definition) is 11. The normalized spacial score (nSPS) is 26.3. The number of aliphatic hydroxyl groups excluding tert-OH is 7. The smallest absolute Gasteiger partial charge is 0.389 e. The average Bonchev–Trinajstić information content (AvgIpc) is 3.06. The molecule has 1 saturated carbocycles. The Morgan fingerprint density at radius 2 is 1.22 bits per heavy atom. The predicted molar refractivity (Wildman–Crippen MR) is 187 cm³/mol. The lowest BCUT2D eigenvalue weighted by Crippen LogP contribution is -2.64. The molecule has 1 amide bonds. The van der Waals surface area contributed by atoms with E-state index in [0.29, 0.717) is 12.8 Å². The summed E-state index contributed by atoms with van der Waals surface area (Å²) in [5.41, 5.74) is 0. The van der Waals surface area contributed by atoms with E-state index >= 15 is 0 Å². The van der Waals surface area contributed by atoms with Crippen LogP contribution in [-0.4, -0.2) is 108 Å². The molecule has 13 nitrogen and oxygen atoms in total. The van der Waals surface area contributed by atoms with Crippen molar-refractivity contribution >= 4 is 13.7 Å². The van der Waals surface area contributed by atoms with Gasteiger partial charge < -0.3 is 46.0 Å². The second kappa shape index (κ2) is 26.3. The summed E-state index contributed by atoms with van der Waals surface area (Å²) in [5, 5.41) is 73.5. The molecular weight excluding hydrogens is 657 g/mol. The van der Waals surface area contributed by atoms with Gasteiger partial charge in [0.2, 0.25) is 5.91 Å². The zero-order valence-corrected chi connectivity index (χ0v) is 30.2. The van der Waals surface area contributed by atoms with E-state index in [4.69, 9.17) is 9.05 Å². The number of carbonyl (C=O) groups excluding carboxylic acids is 1. The van der Waals surface area contributed by atoms with Gasteiger partial charge in [-0.15, -0.1) is 0 Å². The molecule has 0 spiro atoms. The highest BCUT2D eigenvalue weighted by Gasteiger charge is 2.51. The second-order valence-electron chi connectivity index (χ2n) is 12.9. The number of allylic oxidation sites excluding steroid dienone is 4.